The van der Waals surface area contributed by atoms with Crippen molar-refractivity contribution < 1.29 is 18.6 Å². The average Bonchev–Trinajstić information content (AvgIpc) is 2.93. The van der Waals surface area contributed by atoms with E-state index in [0.29, 0.717) is 15.6 Å². The molecular formula is C11H11F2IN4O2. The lowest BCUT2D eigenvalue weighted by atomic mass is 10.1. The molecule has 108 valence electrons. The van der Waals surface area contributed by atoms with Crippen LogP contribution in [0.15, 0.2) is 12.1 Å². The molecule has 4 atom stereocenters. The first-order valence-corrected chi connectivity index (χ1v) is 7.39. The zero-order valence-electron chi connectivity index (χ0n) is 10.1. The summed E-state index contributed by atoms with van der Waals surface area (Å²) in [5.41, 5.74) is 6.25. The third kappa shape index (κ3) is 2.04. The van der Waals surface area contributed by atoms with Gasteiger partial charge in [0.15, 0.2) is 12.0 Å². The maximum atomic E-state index is 14.2. The Morgan fingerprint density at radius 3 is 2.90 bits per heavy atom. The summed E-state index contributed by atoms with van der Waals surface area (Å²) in [5, 5.41) is 13.3. The zero-order valence-corrected chi connectivity index (χ0v) is 12.2. The van der Waals surface area contributed by atoms with E-state index >= 15 is 0 Å². The maximum absolute atomic E-state index is 14.2. The third-order valence-electron chi connectivity index (χ3n) is 3.30. The Balaban J connectivity index is 2.07. The Labute approximate surface area is 126 Å². The average molecular weight is 396 g/mol. The van der Waals surface area contributed by atoms with Crippen molar-refractivity contribution in [3.05, 3.63) is 23.9 Å². The highest BCUT2D eigenvalue weighted by Crippen LogP contribution is 2.37. The third-order valence-corrected chi connectivity index (χ3v) is 4.17. The molecule has 9 heteroatoms. The highest BCUT2D eigenvalue weighted by Gasteiger charge is 2.45. The number of aliphatic hydroxyl groups is 1. The SMILES string of the molecule is Nc1nc(F)nn2c(C3O[C@H](CI)C(O)[C@H]3F)ccc12. The summed E-state index contributed by atoms with van der Waals surface area (Å²) in [6.45, 7) is 0. The van der Waals surface area contributed by atoms with Crippen LogP contribution in [0.5, 0.6) is 0 Å². The fourth-order valence-electron chi connectivity index (χ4n) is 2.32. The summed E-state index contributed by atoms with van der Waals surface area (Å²) < 4.78 is 34.5. The van der Waals surface area contributed by atoms with Gasteiger partial charge in [0.25, 0.3) is 0 Å². The van der Waals surface area contributed by atoms with Gasteiger partial charge < -0.3 is 15.6 Å². The van der Waals surface area contributed by atoms with E-state index in [-0.39, 0.29) is 5.82 Å². The molecule has 2 aromatic rings. The van der Waals surface area contributed by atoms with Crippen molar-refractivity contribution in [1.82, 2.24) is 14.6 Å². The van der Waals surface area contributed by atoms with E-state index in [0.717, 1.165) is 4.52 Å². The number of nitrogens with zero attached hydrogens (tertiary/aromatic N) is 3. The standard InChI is InChI=1S/C11H11F2IN4O2/c12-7-8(19)6(3-14)20-9(7)4-1-2-5-10(15)16-11(13)17-18(4)5/h1-2,6-9,19H,3H2,(H2,15,16,17)/t6-,7-,8?,9?/m1/s1. The van der Waals surface area contributed by atoms with E-state index in [1.54, 1.807) is 12.1 Å². The normalized spacial score (nSPS) is 30.2. The molecule has 2 unspecified atom stereocenters. The van der Waals surface area contributed by atoms with E-state index in [2.05, 4.69) is 10.1 Å². The van der Waals surface area contributed by atoms with Gasteiger partial charge in [0, 0.05) is 4.43 Å². The largest absolute Gasteiger partial charge is 0.387 e. The first-order valence-electron chi connectivity index (χ1n) is 5.87. The van der Waals surface area contributed by atoms with E-state index in [1.807, 2.05) is 22.6 Å². The smallest absolute Gasteiger partial charge is 0.327 e. The topological polar surface area (TPSA) is 85.7 Å². The predicted molar refractivity (Wildman–Crippen MR) is 74.8 cm³/mol. The van der Waals surface area contributed by atoms with Crippen LogP contribution in [-0.4, -0.2) is 42.5 Å². The van der Waals surface area contributed by atoms with Crippen LogP contribution < -0.4 is 5.73 Å². The number of hydrogen-bond donors (Lipinski definition) is 2. The van der Waals surface area contributed by atoms with Crippen LogP contribution in [0.4, 0.5) is 14.6 Å². The van der Waals surface area contributed by atoms with Crippen LogP contribution in [0, 0.1) is 6.08 Å². The molecule has 3 heterocycles. The van der Waals surface area contributed by atoms with E-state index < -0.39 is 30.6 Å². The number of halogens is 3. The van der Waals surface area contributed by atoms with Crippen molar-refractivity contribution in [2.45, 2.75) is 24.5 Å². The Morgan fingerprint density at radius 2 is 2.25 bits per heavy atom. The second kappa shape index (κ2) is 5.04. The van der Waals surface area contributed by atoms with Gasteiger partial charge in [-0.25, -0.2) is 8.91 Å². The minimum absolute atomic E-state index is 0.0388. The molecule has 0 spiro atoms. The van der Waals surface area contributed by atoms with Crippen LogP contribution in [0.25, 0.3) is 5.52 Å². The fraction of sp³-hybridized carbons (Fsp3) is 0.455. The Morgan fingerprint density at radius 1 is 1.50 bits per heavy atom. The summed E-state index contributed by atoms with van der Waals surface area (Å²) >= 11 is 2.01. The lowest BCUT2D eigenvalue weighted by Gasteiger charge is -2.12. The van der Waals surface area contributed by atoms with Crippen LogP contribution in [0.3, 0.4) is 0 Å². The Kier molecular flexibility index (Phi) is 3.50. The second-order valence-electron chi connectivity index (χ2n) is 4.51. The fourth-order valence-corrected chi connectivity index (χ4v) is 3.04. The first kappa shape index (κ1) is 13.9. The van der Waals surface area contributed by atoms with Crippen LogP contribution in [0.1, 0.15) is 11.8 Å². The van der Waals surface area contributed by atoms with Gasteiger partial charge in [0.1, 0.15) is 17.7 Å². The molecule has 1 aliphatic heterocycles. The van der Waals surface area contributed by atoms with E-state index in [4.69, 9.17) is 10.5 Å². The van der Waals surface area contributed by atoms with Crippen LogP contribution >= 0.6 is 22.6 Å². The van der Waals surface area contributed by atoms with Crippen molar-refractivity contribution in [3.63, 3.8) is 0 Å². The molecule has 1 fully saturated rings. The van der Waals surface area contributed by atoms with E-state index in [9.17, 15) is 13.9 Å². The zero-order chi connectivity index (χ0) is 14.4. The molecule has 6 nitrogen and oxygen atoms in total. The number of aromatic nitrogens is 3. The molecule has 0 bridgehead atoms. The van der Waals surface area contributed by atoms with Gasteiger partial charge in [0.2, 0.25) is 0 Å². The van der Waals surface area contributed by atoms with Crippen molar-refractivity contribution >= 4 is 33.9 Å². The van der Waals surface area contributed by atoms with Crippen LogP contribution in [0.2, 0.25) is 0 Å². The van der Waals surface area contributed by atoms with Gasteiger partial charge in [-0.2, -0.15) is 9.37 Å². The molecule has 0 saturated carbocycles. The van der Waals surface area contributed by atoms with Gasteiger partial charge in [-0.1, -0.05) is 22.6 Å². The molecule has 20 heavy (non-hydrogen) atoms. The molecule has 1 saturated heterocycles. The second-order valence-corrected chi connectivity index (χ2v) is 5.39. The number of rotatable bonds is 2. The van der Waals surface area contributed by atoms with Crippen LogP contribution in [-0.2, 0) is 4.74 Å². The summed E-state index contributed by atoms with van der Waals surface area (Å²) in [5.74, 6) is -0.0388. The lowest BCUT2D eigenvalue weighted by molar-refractivity contribution is 0.0231. The Hall–Kier alpha value is -1.07. The molecule has 1 aliphatic rings. The number of anilines is 1. The highest BCUT2D eigenvalue weighted by atomic mass is 127. The predicted octanol–water partition coefficient (Wildman–Crippen LogP) is 1.02. The minimum atomic E-state index is -1.60. The summed E-state index contributed by atoms with van der Waals surface area (Å²) in [6.07, 6.45) is -5.45. The van der Waals surface area contributed by atoms with Gasteiger partial charge in [0.05, 0.1) is 11.8 Å². The minimum Gasteiger partial charge on any atom is -0.387 e. The molecule has 2 aromatic heterocycles. The van der Waals surface area contributed by atoms with E-state index in [1.165, 1.54) is 0 Å². The number of aliphatic hydroxyl groups excluding tert-OH is 1. The molecule has 0 aliphatic carbocycles. The maximum Gasteiger partial charge on any atom is 0.327 e. The lowest BCUT2D eigenvalue weighted by Crippen LogP contribution is -2.28. The Bertz CT molecular complexity index is 653. The van der Waals surface area contributed by atoms with Gasteiger partial charge in [-0.05, 0) is 12.1 Å². The number of nitrogen functional groups attached to an aromatic ring is 1. The summed E-state index contributed by atoms with van der Waals surface area (Å²) in [4.78, 5) is 3.40. The van der Waals surface area contributed by atoms with Gasteiger partial charge in [-0.3, -0.25) is 0 Å². The first-order chi connectivity index (χ1) is 9.52. The van der Waals surface area contributed by atoms with Crippen molar-refractivity contribution in [2.75, 3.05) is 10.2 Å². The summed E-state index contributed by atoms with van der Waals surface area (Å²) in [6, 6.07) is 3.10. The quantitative estimate of drug-likeness (QED) is 0.585. The molecular weight excluding hydrogens is 385 g/mol. The van der Waals surface area contributed by atoms with Crippen molar-refractivity contribution in [1.29, 1.82) is 0 Å². The molecule has 0 aromatic carbocycles. The number of fused-ring (bicyclic) bond motifs is 1. The van der Waals surface area contributed by atoms with Crippen molar-refractivity contribution in [2.24, 2.45) is 0 Å². The highest BCUT2D eigenvalue weighted by molar-refractivity contribution is 14.1. The number of nitrogens with two attached hydrogens (primary N) is 1. The van der Waals surface area contributed by atoms with Gasteiger partial charge in [-0.15, -0.1) is 5.10 Å². The number of alkyl halides is 2. The molecule has 3 N–H and O–H groups in total. The number of hydrogen-bond acceptors (Lipinski definition) is 5. The molecule has 0 amide bonds. The number of ether oxygens (including phenoxy) is 1. The monoisotopic (exact) mass is 396 g/mol. The molecule has 0 radical (unpaired) electrons. The van der Waals surface area contributed by atoms with Crippen molar-refractivity contribution in [3.8, 4) is 0 Å². The summed E-state index contributed by atoms with van der Waals surface area (Å²) in [7, 11) is 0. The van der Waals surface area contributed by atoms with Gasteiger partial charge >= 0.3 is 6.08 Å². The molecule has 3 rings (SSSR count).